The largest absolute Gasteiger partial charge is 0.478 e. The number of carbonyl (C=O) groups excluding carboxylic acids is 1. The van der Waals surface area contributed by atoms with Gasteiger partial charge >= 0.3 is 12.0 Å². The number of rotatable bonds is 4. The average molecular weight is 252 g/mol. The Morgan fingerprint density at radius 2 is 2.17 bits per heavy atom. The second-order valence-electron chi connectivity index (χ2n) is 3.51. The van der Waals surface area contributed by atoms with Crippen LogP contribution in [-0.4, -0.2) is 23.7 Å². The number of hydrogen-bond acceptors (Lipinski definition) is 2. The van der Waals surface area contributed by atoms with E-state index in [-0.39, 0.29) is 12.2 Å². The summed E-state index contributed by atoms with van der Waals surface area (Å²) in [6.07, 6.45) is 2.18. The number of carboxylic acid groups (broad SMARTS) is 1. The van der Waals surface area contributed by atoms with E-state index in [2.05, 4.69) is 10.6 Å². The monoisotopic (exact) mass is 252 g/mol. The fourth-order valence-electron chi connectivity index (χ4n) is 1.22. The number of aryl methyl sites for hydroxylation is 1. The molecule has 0 radical (unpaired) electrons. The molecule has 2 amide bonds. The van der Waals surface area contributed by atoms with Crippen LogP contribution < -0.4 is 10.6 Å². The third kappa shape index (κ3) is 4.25. The van der Waals surface area contributed by atoms with Gasteiger partial charge in [-0.3, -0.25) is 0 Å². The summed E-state index contributed by atoms with van der Waals surface area (Å²) in [6, 6.07) is 4.05. The number of anilines is 1. The Bertz CT molecular complexity index is 486. The Morgan fingerprint density at radius 3 is 2.83 bits per heavy atom. The van der Waals surface area contributed by atoms with E-state index in [4.69, 9.17) is 5.11 Å². The molecule has 0 saturated carbocycles. The Morgan fingerprint density at radius 1 is 1.44 bits per heavy atom. The Balaban J connectivity index is 2.50. The van der Waals surface area contributed by atoms with E-state index in [9.17, 15) is 14.0 Å². The molecule has 0 unspecified atom stereocenters. The SMILES string of the molecule is Cc1cccc(NC(=O)NC/C=C/C(=O)O)c1F. The molecular weight excluding hydrogens is 239 g/mol. The first kappa shape index (κ1) is 13.7. The molecule has 18 heavy (non-hydrogen) atoms. The molecule has 0 aliphatic carbocycles. The van der Waals surface area contributed by atoms with Crippen molar-refractivity contribution >= 4 is 17.7 Å². The first-order chi connectivity index (χ1) is 8.50. The molecular formula is C12H13FN2O3. The number of nitrogens with one attached hydrogen (secondary N) is 2. The van der Waals surface area contributed by atoms with Crippen LogP contribution >= 0.6 is 0 Å². The van der Waals surface area contributed by atoms with Crippen molar-refractivity contribution < 1.29 is 19.1 Å². The van der Waals surface area contributed by atoms with Crippen molar-refractivity contribution in [3.63, 3.8) is 0 Å². The van der Waals surface area contributed by atoms with Crippen molar-refractivity contribution in [2.45, 2.75) is 6.92 Å². The second kappa shape index (κ2) is 6.39. The van der Waals surface area contributed by atoms with Gasteiger partial charge in [-0.25, -0.2) is 14.0 Å². The van der Waals surface area contributed by atoms with E-state index >= 15 is 0 Å². The van der Waals surface area contributed by atoms with Gasteiger partial charge in [-0.1, -0.05) is 18.2 Å². The quantitative estimate of drug-likeness (QED) is 0.716. The standard InChI is InChI=1S/C12H13FN2O3/c1-8-4-2-5-9(11(8)13)15-12(18)14-7-3-6-10(16)17/h2-6H,7H2,1H3,(H,16,17)(H2,14,15,18)/b6-3+. The Labute approximate surface area is 103 Å². The maximum absolute atomic E-state index is 13.5. The number of amides is 2. The first-order valence-corrected chi connectivity index (χ1v) is 5.20. The Kier molecular flexibility index (Phi) is 4.86. The molecule has 0 bridgehead atoms. The molecule has 5 nitrogen and oxygen atoms in total. The third-order valence-electron chi connectivity index (χ3n) is 2.08. The van der Waals surface area contributed by atoms with Crippen LogP contribution in [-0.2, 0) is 4.79 Å². The molecule has 0 spiro atoms. The molecule has 0 atom stereocenters. The van der Waals surface area contributed by atoms with E-state index in [1.165, 1.54) is 12.1 Å². The summed E-state index contributed by atoms with van der Waals surface area (Å²) in [4.78, 5) is 21.5. The summed E-state index contributed by atoms with van der Waals surface area (Å²) in [6.45, 7) is 1.64. The minimum Gasteiger partial charge on any atom is -0.478 e. The minimum atomic E-state index is -1.10. The zero-order valence-corrected chi connectivity index (χ0v) is 9.74. The van der Waals surface area contributed by atoms with Gasteiger partial charge in [-0.15, -0.1) is 0 Å². The summed E-state index contributed by atoms with van der Waals surface area (Å²) >= 11 is 0. The number of benzene rings is 1. The van der Waals surface area contributed by atoms with Crippen molar-refractivity contribution in [1.29, 1.82) is 0 Å². The topological polar surface area (TPSA) is 78.4 Å². The molecule has 0 saturated heterocycles. The molecule has 1 aromatic rings. The maximum atomic E-state index is 13.5. The van der Waals surface area contributed by atoms with E-state index in [1.807, 2.05) is 0 Å². The summed E-state index contributed by atoms with van der Waals surface area (Å²) in [5.74, 6) is -1.59. The van der Waals surface area contributed by atoms with Gasteiger partial charge in [-0.2, -0.15) is 0 Å². The number of carboxylic acids is 1. The fraction of sp³-hybridized carbons (Fsp3) is 0.167. The number of hydrogen-bond donors (Lipinski definition) is 3. The minimum absolute atomic E-state index is 0.0472. The van der Waals surface area contributed by atoms with Crippen LogP contribution in [0.1, 0.15) is 5.56 Å². The normalized spacial score (nSPS) is 10.3. The lowest BCUT2D eigenvalue weighted by Crippen LogP contribution is -2.29. The second-order valence-corrected chi connectivity index (χ2v) is 3.51. The Hall–Kier alpha value is -2.37. The van der Waals surface area contributed by atoms with Gasteiger partial charge in [0.25, 0.3) is 0 Å². The van der Waals surface area contributed by atoms with Crippen molar-refractivity contribution in [1.82, 2.24) is 5.32 Å². The van der Waals surface area contributed by atoms with Gasteiger partial charge in [0.05, 0.1) is 5.69 Å². The highest BCUT2D eigenvalue weighted by Crippen LogP contribution is 2.16. The van der Waals surface area contributed by atoms with E-state index < -0.39 is 17.8 Å². The average Bonchev–Trinajstić information content (AvgIpc) is 2.30. The number of aliphatic carboxylic acids is 1. The molecule has 3 N–H and O–H groups in total. The lowest BCUT2D eigenvalue weighted by molar-refractivity contribution is -0.131. The van der Waals surface area contributed by atoms with Crippen LogP contribution in [0.5, 0.6) is 0 Å². The first-order valence-electron chi connectivity index (χ1n) is 5.20. The van der Waals surface area contributed by atoms with Gasteiger partial charge in [0.15, 0.2) is 0 Å². The molecule has 0 aliphatic heterocycles. The van der Waals surface area contributed by atoms with Crippen molar-refractivity contribution in [2.24, 2.45) is 0 Å². The van der Waals surface area contributed by atoms with Gasteiger partial charge in [-0.05, 0) is 18.6 Å². The highest BCUT2D eigenvalue weighted by molar-refractivity contribution is 5.89. The van der Waals surface area contributed by atoms with Crippen LogP contribution in [0.4, 0.5) is 14.9 Å². The lowest BCUT2D eigenvalue weighted by atomic mass is 10.2. The molecule has 0 fully saturated rings. The summed E-state index contributed by atoms with van der Waals surface area (Å²) < 4.78 is 13.5. The van der Waals surface area contributed by atoms with Gasteiger partial charge < -0.3 is 15.7 Å². The zero-order valence-electron chi connectivity index (χ0n) is 9.74. The van der Waals surface area contributed by atoms with Gasteiger partial charge in [0.2, 0.25) is 0 Å². The van der Waals surface area contributed by atoms with E-state index in [0.29, 0.717) is 5.56 Å². The lowest BCUT2D eigenvalue weighted by Gasteiger charge is -2.08. The number of halogens is 1. The van der Waals surface area contributed by atoms with Crippen LogP contribution in [0.25, 0.3) is 0 Å². The van der Waals surface area contributed by atoms with Gasteiger partial charge in [0.1, 0.15) is 5.82 Å². The summed E-state index contributed by atoms with van der Waals surface area (Å²) in [5, 5.41) is 13.0. The van der Waals surface area contributed by atoms with Crippen molar-refractivity contribution in [2.75, 3.05) is 11.9 Å². The summed E-state index contributed by atoms with van der Waals surface area (Å²) in [5.41, 5.74) is 0.508. The molecule has 0 heterocycles. The zero-order chi connectivity index (χ0) is 13.5. The predicted molar refractivity (Wildman–Crippen MR) is 64.9 cm³/mol. The van der Waals surface area contributed by atoms with E-state index in [1.54, 1.807) is 19.1 Å². The molecule has 0 aliphatic rings. The van der Waals surface area contributed by atoms with Crippen LogP contribution in [0, 0.1) is 12.7 Å². The smallest absolute Gasteiger partial charge is 0.328 e. The maximum Gasteiger partial charge on any atom is 0.328 e. The van der Waals surface area contributed by atoms with Crippen molar-refractivity contribution in [3.05, 3.63) is 41.7 Å². The highest BCUT2D eigenvalue weighted by atomic mass is 19.1. The molecule has 96 valence electrons. The van der Waals surface area contributed by atoms with E-state index in [0.717, 1.165) is 6.08 Å². The highest BCUT2D eigenvalue weighted by Gasteiger charge is 2.07. The third-order valence-corrected chi connectivity index (χ3v) is 2.08. The number of urea groups is 1. The van der Waals surface area contributed by atoms with Crippen LogP contribution in [0.3, 0.4) is 0 Å². The van der Waals surface area contributed by atoms with Gasteiger partial charge in [0, 0.05) is 12.6 Å². The predicted octanol–water partition coefficient (Wildman–Crippen LogP) is 1.90. The summed E-state index contributed by atoms with van der Waals surface area (Å²) in [7, 11) is 0. The molecule has 0 aromatic heterocycles. The van der Waals surface area contributed by atoms with Crippen molar-refractivity contribution in [3.8, 4) is 0 Å². The molecule has 1 aromatic carbocycles. The number of carbonyl (C=O) groups is 2. The van der Waals surface area contributed by atoms with Crippen LogP contribution in [0.15, 0.2) is 30.4 Å². The van der Waals surface area contributed by atoms with Crippen LogP contribution in [0.2, 0.25) is 0 Å². The molecule has 1 rings (SSSR count). The fourth-order valence-corrected chi connectivity index (χ4v) is 1.22. The molecule has 6 heteroatoms.